The smallest absolute Gasteiger partial charge is 0.354 e. The van der Waals surface area contributed by atoms with Crippen molar-refractivity contribution in [2.24, 2.45) is 0 Å². The van der Waals surface area contributed by atoms with Crippen LogP contribution in [0.3, 0.4) is 0 Å². The van der Waals surface area contributed by atoms with Gasteiger partial charge < -0.3 is 19.2 Å². The minimum Gasteiger partial charge on any atom is -0.491 e. The predicted molar refractivity (Wildman–Crippen MR) is 76.2 cm³/mol. The van der Waals surface area contributed by atoms with Crippen LogP contribution in [0.1, 0.15) is 24.3 Å². The number of aromatic nitrogens is 1. The van der Waals surface area contributed by atoms with Gasteiger partial charge in [-0.2, -0.15) is 0 Å². The van der Waals surface area contributed by atoms with Gasteiger partial charge in [-0.15, -0.1) is 0 Å². The van der Waals surface area contributed by atoms with Crippen molar-refractivity contribution in [1.82, 2.24) is 4.98 Å². The van der Waals surface area contributed by atoms with Gasteiger partial charge >= 0.3 is 5.97 Å². The first-order valence-corrected chi connectivity index (χ1v) is 6.75. The fraction of sp³-hybridized carbons (Fsp3) is 0.400. The summed E-state index contributed by atoms with van der Waals surface area (Å²) in [5, 5.41) is 0.918. The summed E-state index contributed by atoms with van der Waals surface area (Å²) in [4.78, 5) is 14.7. The molecule has 0 saturated carbocycles. The number of fused-ring (bicyclic) bond motifs is 1. The molecule has 0 atom stereocenters. The Kier molecular flexibility index (Phi) is 5.01. The Morgan fingerprint density at radius 1 is 1.15 bits per heavy atom. The van der Waals surface area contributed by atoms with Crippen molar-refractivity contribution in [2.45, 2.75) is 13.8 Å². The van der Waals surface area contributed by atoms with Crippen LogP contribution in [0.5, 0.6) is 5.75 Å². The molecule has 0 fully saturated rings. The minimum atomic E-state index is -0.345. The summed E-state index contributed by atoms with van der Waals surface area (Å²) in [5.41, 5.74) is 1.33. The van der Waals surface area contributed by atoms with Crippen LogP contribution in [0, 0.1) is 0 Å². The molecular formula is C15H19NO4. The third-order valence-corrected chi connectivity index (χ3v) is 2.79. The zero-order valence-corrected chi connectivity index (χ0v) is 11.8. The molecule has 20 heavy (non-hydrogen) atoms. The number of aromatic amines is 1. The van der Waals surface area contributed by atoms with Gasteiger partial charge in [0.05, 0.1) is 13.2 Å². The van der Waals surface area contributed by atoms with Crippen molar-refractivity contribution >= 4 is 16.9 Å². The molecule has 0 spiro atoms. The van der Waals surface area contributed by atoms with Gasteiger partial charge in [-0.25, -0.2) is 4.79 Å². The summed E-state index contributed by atoms with van der Waals surface area (Å²) >= 11 is 0. The van der Waals surface area contributed by atoms with Gasteiger partial charge in [-0.3, -0.25) is 0 Å². The molecule has 5 heteroatoms. The lowest BCUT2D eigenvalue weighted by atomic mass is 10.2. The van der Waals surface area contributed by atoms with E-state index in [2.05, 4.69) is 4.98 Å². The van der Waals surface area contributed by atoms with Crippen LogP contribution >= 0.6 is 0 Å². The van der Waals surface area contributed by atoms with Crippen LogP contribution in [0.25, 0.3) is 10.9 Å². The summed E-state index contributed by atoms with van der Waals surface area (Å²) in [5.74, 6) is 0.411. The molecule has 1 aromatic carbocycles. The summed E-state index contributed by atoms with van der Waals surface area (Å²) in [6, 6.07) is 7.40. The molecular weight excluding hydrogens is 258 g/mol. The highest BCUT2D eigenvalue weighted by molar-refractivity contribution is 5.95. The number of carbonyl (C=O) groups excluding carboxylic acids is 1. The molecule has 0 aliphatic heterocycles. The Morgan fingerprint density at radius 3 is 2.75 bits per heavy atom. The van der Waals surface area contributed by atoms with E-state index >= 15 is 0 Å². The molecule has 0 aliphatic rings. The number of benzene rings is 1. The maximum atomic E-state index is 11.6. The first-order chi connectivity index (χ1) is 9.74. The fourth-order valence-electron chi connectivity index (χ4n) is 1.88. The van der Waals surface area contributed by atoms with Gasteiger partial charge in [0.1, 0.15) is 18.1 Å². The molecule has 0 bridgehead atoms. The fourth-order valence-corrected chi connectivity index (χ4v) is 1.88. The Labute approximate surface area is 117 Å². The number of rotatable bonds is 7. The molecule has 1 N–H and O–H groups in total. The molecule has 5 nitrogen and oxygen atoms in total. The third-order valence-electron chi connectivity index (χ3n) is 2.79. The van der Waals surface area contributed by atoms with Crippen molar-refractivity contribution in [3.63, 3.8) is 0 Å². The van der Waals surface area contributed by atoms with E-state index in [1.807, 2.05) is 25.1 Å². The normalized spacial score (nSPS) is 10.7. The Morgan fingerprint density at radius 2 is 2.00 bits per heavy atom. The van der Waals surface area contributed by atoms with Crippen molar-refractivity contribution in [1.29, 1.82) is 0 Å². The zero-order valence-electron chi connectivity index (χ0n) is 11.8. The lowest BCUT2D eigenvalue weighted by Gasteiger charge is -2.05. The number of carbonyl (C=O) groups is 1. The van der Waals surface area contributed by atoms with Gasteiger partial charge in [0, 0.05) is 17.5 Å². The van der Waals surface area contributed by atoms with E-state index in [0.29, 0.717) is 32.1 Å². The van der Waals surface area contributed by atoms with E-state index in [4.69, 9.17) is 14.2 Å². The topological polar surface area (TPSA) is 60.5 Å². The number of hydrogen-bond acceptors (Lipinski definition) is 4. The lowest BCUT2D eigenvalue weighted by Crippen LogP contribution is -2.06. The van der Waals surface area contributed by atoms with E-state index in [9.17, 15) is 4.79 Å². The molecule has 1 heterocycles. The highest BCUT2D eigenvalue weighted by Gasteiger charge is 2.10. The second-order valence-corrected chi connectivity index (χ2v) is 4.20. The van der Waals surface area contributed by atoms with Gasteiger partial charge in [-0.1, -0.05) is 0 Å². The van der Waals surface area contributed by atoms with Crippen LogP contribution in [-0.2, 0) is 9.47 Å². The predicted octanol–water partition coefficient (Wildman–Crippen LogP) is 2.76. The SMILES string of the molecule is CCOCCOc1ccc2[nH]c(C(=O)OCC)cc2c1. The highest BCUT2D eigenvalue weighted by Crippen LogP contribution is 2.22. The Bertz CT molecular complexity index is 576. The molecule has 0 unspecified atom stereocenters. The van der Waals surface area contributed by atoms with Gasteiger partial charge in [0.25, 0.3) is 0 Å². The summed E-state index contributed by atoms with van der Waals surface area (Å²) in [6.07, 6.45) is 0. The zero-order chi connectivity index (χ0) is 14.4. The first kappa shape index (κ1) is 14.4. The summed E-state index contributed by atoms with van der Waals surface area (Å²) in [6.45, 7) is 5.85. The number of esters is 1. The number of ether oxygens (including phenoxy) is 3. The largest absolute Gasteiger partial charge is 0.491 e. The molecule has 0 saturated heterocycles. The van der Waals surface area contributed by atoms with Crippen LogP contribution < -0.4 is 4.74 Å². The van der Waals surface area contributed by atoms with Crippen LogP contribution in [0.2, 0.25) is 0 Å². The van der Waals surface area contributed by atoms with Crippen molar-refractivity contribution in [3.8, 4) is 5.75 Å². The Hall–Kier alpha value is -2.01. The lowest BCUT2D eigenvalue weighted by molar-refractivity contribution is 0.0520. The van der Waals surface area contributed by atoms with E-state index in [1.165, 1.54) is 0 Å². The Balaban J connectivity index is 2.07. The van der Waals surface area contributed by atoms with Crippen molar-refractivity contribution in [2.75, 3.05) is 26.4 Å². The van der Waals surface area contributed by atoms with E-state index in [0.717, 1.165) is 16.7 Å². The summed E-state index contributed by atoms with van der Waals surface area (Å²) < 4.78 is 15.8. The molecule has 108 valence electrons. The van der Waals surface area contributed by atoms with Crippen molar-refractivity contribution < 1.29 is 19.0 Å². The quantitative estimate of drug-likeness (QED) is 0.624. The standard InChI is InChI=1S/C15H19NO4/c1-3-18-7-8-20-12-5-6-13-11(9-12)10-14(16-13)15(17)19-4-2/h5-6,9-10,16H,3-4,7-8H2,1-2H3. The average molecular weight is 277 g/mol. The minimum absolute atomic E-state index is 0.345. The molecule has 0 aliphatic carbocycles. The molecule has 0 radical (unpaired) electrons. The first-order valence-electron chi connectivity index (χ1n) is 6.75. The van der Waals surface area contributed by atoms with Crippen LogP contribution in [0.4, 0.5) is 0 Å². The van der Waals surface area contributed by atoms with E-state index in [1.54, 1.807) is 13.0 Å². The van der Waals surface area contributed by atoms with Gasteiger partial charge in [0.2, 0.25) is 0 Å². The van der Waals surface area contributed by atoms with Crippen molar-refractivity contribution in [3.05, 3.63) is 30.0 Å². The monoisotopic (exact) mass is 277 g/mol. The highest BCUT2D eigenvalue weighted by atomic mass is 16.5. The maximum absolute atomic E-state index is 11.6. The molecule has 0 amide bonds. The number of hydrogen-bond donors (Lipinski definition) is 1. The van der Waals surface area contributed by atoms with E-state index < -0.39 is 0 Å². The molecule has 2 rings (SSSR count). The molecule has 1 aromatic heterocycles. The third kappa shape index (κ3) is 3.51. The van der Waals surface area contributed by atoms with Crippen LogP contribution in [0.15, 0.2) is 24.3 Å². The second-order valence-electron chi connectivity index (χ2n) is 4.20. The van der Waals surface area contributed by atoms with Gasteiger partial charge in [-0.05, 0) is 38.1 Å². The average Bonchev–Trinajstić information content (AvgIpc) is 2.87. The van der Waals surface area contributed by atoms with E-state index in [-0.39, 0.29) is 5.97 Å². The molecule has 2 aromatic rings. The maximum Gasteiger partial charge on any atom is 0.354 e. The second kappa shape index (κ2) is 6.96. The number of nitrogens with one attached hydrogen (secondary N) is 1. The van der Waals surface area contributed by atoms with Crippen LogP contribution in [-0.4, -0.2) is 37.4 Å². The number of H-pyrrole nitrogens is 1. The summed E-state index contributed by atoms with van der Waals surface area (Å²) in [7, 11) is 0. The van der Waals surface area contributed by atoms with Gasteiger partial charge in [0.15, 0.2) is 0 Å².